The highest BCUT2D eigenvalue weighted by atomic mass is 15.2. The fourth-order valence-corrected chi connectivity index (χ4v) is 3.23. The Morgan fingerprint density at radius 1 is 1.17 bits per heavy atom. The van der Waals surface area contributed by atoms with Crippen LogP contribution in [-0.4, -0.2) is 37.6 Å². The molecule has 108 valence electrons. The van der Waals surface area contributed by atoms with Crippen molar-refractivity contribution < 1.29 is 0 Å². The third-order valence-corrected chi connectivity index (χ3v) is 4.88. The minimum Gasteiger partial charge on any atom is -0.315 e. The van der Waals surface area contributed by atoms with Gasteiger partial charge in [-0.2, -0.15) is 0 Å². The largest absolute Gasteiger partial charge is 0.315 e. The highest BCUT2D eigenvalue weighted by Crippen LogP contribution is 2.29. The lowest BCUT2D eigenvalue weighted by Gasteiger charge is -2.39. The third-order valence-electron chi connectivity index (χ3n) is 4.88. The van der Waals surface area contributed by atoms with Crippen LogP contribution in [0.15, 0.2) is 0 Å². The van der Waals surface area contributed by atoms with Crippen molar-refractivity contribution in [1.29, 1.82) is 0 Å². The number of hydrogen-bond acceptors (Lipinski definition) is 2. The Labute approximate surface area is 115 Å². The van der Waals surface area contributed by atoms with Crippen molar-refractivity contribution in [3.8, 4) is 0 Å². The van der Waals surface area contributed by atoms with Gasteiger partial charge in [-0.3, -0.25) is 0 Å². The van der Waals surface area contributed by atoms with Crippen LogP contribution >= 0.6 is 0 Å². The van der Waals surface area contributed by atoms with Gasteiger partial charge in [0.05, 0.1) is 0 Å². The fourth-order valence-electron chi connectivity index (χ4n) is 3.23. The molecular formula is C16H34N2. The number of nitrogens with one attached hydrogen (secondary N) is 1. The zero-order chi connectivity index (χ0) is 13.8. The van der Waals surface area contributed by atoms with Crippen LogP contribution in [0.2, 0.25) is 0 Å². The monoisotopic (exact) mass is 254 g/mol. The Kier molecular flexibility index (Phi) is 6.13. The molecule has 0 saturated heterocycles. The number of nitrogens with zero attached hydrogens (tertiary/aromatic N) is 1. The molecule has 0 aromatic heterocycles. The lowest BCUT2D eigenvalue weighted by atomic mass is 9.82. The van der Waals surface area contributed by atoms with E-state index in [9.17, 15) is 0 Å². The van der Waals surface area contributed by atoms with Gasteiger partial charge in [0.1, 0.15) is 0 Å². The molecule has 1 fully saturated rings. The van der Waals surface area contributed by atoms with Gasteiger partial charge in [-0.25, -0.2) is 0 Å². The molecule has 1 saturated carbocycles. The normalized spacial score (nSPS) is 27.5. The van der Waals surface area contributed by atoms with Crippen LogP contribution in [0, 0.1) is 11.3 Å². The predicted molar refractivity (Wildman–Crippen MR) is 81.0 cm³/mol. The number of hydrogen-bond donors (Lipinski definition) is 1. The van der Waals surface area contributed by atoms with E-state index in [0.717, 1.165) is 12.0 Å². The Bertz CT molecular complexity index is 224. The lowest BCUT2D eigenvalue weighted by molar-refractivity contribution is 0.125. The minimum atomic E-state index is 0.337. The molecule has 1 rings (SSSR count). The molecule has 0 amide bonds. The molecule has 1 unspecified atom stereocenters. The van der Waals surface area contributed by atoms with Crippen LogP contribution in [0.4, 0.5) is 0 Å². The first-order valence-electron chi connectivity index (χ1n) is 7.76. The summed E-state index contributed by atoms with van der Waals surface area (Å²) in [5.74, 6) is 0.998. The predicted octanol–water partition coefficient (Wildman–Crippen LogP) is 3.52. The Morgan fingerprint density at radius 3 is 2.11 bits per heavy atom. The van der Waals surface area contributed by atoms with E-state index in [0.29, 0.717) is 11.5 Å². The van der Waals surface area contributed by atoms with Gasteiger partial charge >= 0.3 is 0 Å². The summed E-state index contributed by atoms with van der Waals surface area (Å²) in [7, 11) is 4.41. The van der Waals surface area contributed by atoms with Gasteiger partial charge in [0.15, 0.2) is 0 Å². The Balaban J connectivity index is 2.43. The zero-order valence-corrected chi connectivity index (χ0v) is 13.4. The molecular weight excluding hydrogens is 220 g/mol. The van der Waals surface area contributed by atoms with Gasteiger partial charge in [-0.1, -0.05) is 34.1 Å². The molecule has 0 aromatic carbocycles. The van der Waals surface area contributed by atoms with Gasteiger partial charge in [-0.15, -0.1) is 0 Å². The van der Waals surface area contributed by atoms with Crippen molar-refractivity contribution in [3.05, 3.63) is 0 Å². The van der Waals surface area contributed by atoms with Crippen molar-refractivity contribution in [3.63, 3.8) is 0 Å². The average Bonchev–Trinajstić information content (AvgIpc) is 2.34. The molecule has 1 atom stereocenters. The van der Waals surface area contributed by atoms with E-state index in [1.807, 2.05) is 0 Å². The van der Waals surface area contributed by atoms with E-state index in [4.69, 9.17) is 0 Å². The topological polar surface area (TPSA) is 15.3 Å². The van der Waals surface area contributed by atoms with E-state index >= 15 is 0 Å². The summed E-state index contributed by atoms with van der Waals surface area (Å²) < 4.78 is 0. The SMILES string of the molecule is CCC1CCC(N(C)CC(NC)C(C)(C)C)CC1. The molecule has 0 aliphatic heterocycles. The maximum absolute atomic E-state index is 3.49. The first-order valence-corrected chi connectivity index (χ1v) is 7.76. The molecule has 18 heavy (non-hydrogen) atoms. The maximum Gasteiger partial charge on any atom is 0.0240 e. The fraction of sp³-hybridized carbons (Fsp3) is 1.00. The van der Waals surface area contributed by atoms with E-state index in [1.54, 1.807) is 0 Å². The zero-order valence-electron chi connectivity index (χ0n) is 13.4. The maximum atomic E-state index is 3.49. The van der Waals surface area contributed by atoms with Crippen LogP contribution in [0.5, 0.6) is 0 Å². The average molecular weight is 254 g/mol. The summed E-state index contributed by atoms with van der Waals surface area (Å²) >= 11 is 0. The van der Waals surface area contributed by atoms with Gasteiger partial charge in [0, 0.05) is 18.6 Å². The first-order chi connectivity index (χ1) is 8.38. The van der Waals surface area contributed by atoms with Gasteiger partial charge in [0.2, 0.25) is 0 Å². The van der Waals surface area contributed by atoms with Crippen LogP contribution in [-0.2, 0) is 0 Å². The van der Waals surface area contributed by atoms with Crippen molar-refractivity contribution in [2.75, 3.05) is 20.6 Å². The molecule has 1 N–H and O–H groups in total. The van der Waals surface area contributed by atoms with Gasteiger partial charge in [0.25, 0.3) is 0 Å². The summed E-state index contributed by atoms with van der Waals surface area (Å²) in [5.41, 5.74) is 0.337. The van der Waals surface area contributed by atoms with Crippen LogP contribution in [0.3, 0.4) is 0 Å². The minimum absolute atomic E-state index is 0.337. The molecule has 2 nitrogen and oxygen atoms in total. The smallest absolute Gasteiger partial charge is 0.0240 e. The lowest BCUT2D eigenvalue weighted by Crippen LogP contribution is -2.49. The highest BCUT2D eigenvalue weighted by molar-refractivity contribution is 4.85. The Morgan fingerprint density at radius 2 is 1.72 bits per heavy atom. The summed E-state index contributed by atoms with van der Waals surface area (Å²) in [6.07, 6.45) is 7.04. The molecule has 0 aromatic rings. The second-order valence-electron chi connectivity index (χ2n) is 7.23. The second-order valence-corrected chi connectivity index (χ2v) is 7.23. The van der Waals surface area contributed by atoms with E-state index in [-0.39, 0.29) is 0 Å². The second kappa shape index (κ2) is 6.91. The van der Waals surface area contributed by atoms with Crippen molar-refractivity contribution >= 4 is 0 Å². The summed E-state index contributed by atoms with van der Waals surface area (Å²) in [4.78, 5) is 2.60. The van der Waals surface area contributed by atoms with Gasteiger partial charge < -0.3 is 10.2 Å². The third kappa shape index (κ3) is 4.55. The number of likely N-dealkylation sites (N-methyl/N-ethyl adjacent to an activating group) is 2. The molecule has 1 aliphatic rings. The van der Waals surface area contributed by atoms with Gasteiger partial charge in [-0.05, 0) is 51.1 Å². The van der Waals surface area contributed by atoms with E-state index in [1.165, 1.54) is 38.6 Å². The summed E-state index contributed by atoms with van der Waals surface area (Å²) in [5, 5.41) is 3.49. The van der Waals surface area contributed by atoms with Crippen LogP contribution in [0.1, 0.15) is 59.8 Å². The van der Waals surface area contributed by atoms with Crippen molar-refractivity contribution in [1.82, 2.24) is 10.2 Å². The van der Waals surface area contributed by atoms with Crippen LogP contribution < -0.4 is 5.32 Å². The summed E-state index contributed by atoms with van der Waals surface area (Å²) in [6.45, 7) is 10.5. The standard InChI is InChI=1S/C16H34N2/c1-7-13-8-10-14(11-9-13)18(6)12-15(17-5)16(2,3)4/h13-15,17H,7-12H2,1-6H3. The Hall–Kier alpha value is -0.0800. The molecule has 0 bridgehead atoms. The van der Waals surface area contributed by atoms with Crippen LogP contribution in [0.25, 0.3) is 0 Å². The number of rotatable bonds is 5. The highest BCUT2D eigenvalue weighted by Gasteiger charge is 2.28. The molecule has 0 spiro atoms. The molecule has 0 heterocycles. The molecule has 2 heteroatoms. The van der Waals surface area contributed by atoms with Crippen molar-refractivity contribution in [2.24, 2.45) is 11.3 Å². The first kappa shape index (κ1) is 16.0. The van der Waals surface area contributed by atoms with E-state index in [2.05, 4.69) is 52.0 Å². The van der Waals surface area contributed by atoms with E-state index < -0.39 is 0 Å². The molecule has 0 radical (unpaired) electrons. The summed E-state index contributed by atoms with van der Waals surface area (Å²) in [6, 6.07) is 1.39. The molecule has 1 aliphatic carbocycles. The van der Waals surface area contributed by atoms with Crippen molar-refractivity contribution in [2.45, 2.75) is 71.9 Å². The quantitative estimate of drug-likeness (QED) is 0.807.